The first-order valence-corrected chi connectivity index (χ1v) is 6.41. The van der Waals surface area contributed by atoms with Crippen LogP contribution in [-0.2, 0) is 15.8 Å². The Hall–Kier alpha value is -3.01. The zero-order valence-electron chi connectivity index (χ0n) is 12.0. The highest BCUT2D eigenvalue weighted by Gasteiger charge is 2.38. The molecule has 2 rings (SSSR count). The summed E-state index contributed by atoms with van der Waals surface area (Å²) < 4.78 is 41.3. The molecule has 1 N–H and O–H groups in total. The van der Waals surface area contributed by atoms with Crippen molar-refractivity contribution in [3.8, 4) is 11.4 Å². The van der Waals surface area contributed by atoms with E-state index in [1.807, 2.05) is 5.48 Å². The molecule has 0 unspecified atom stereocenters. The lowest BCUT2D eigenvalue weighted by Gasteiger charge is -2.03. The van der Waals surface area contributed by atoms with E-state index >= 15 is 0 Å². The minimum absolute atomic E-state index is 0.0120. The number of halogens is 3. The van der Waals surface area contributed by atoms with Crippen molar-refractivity contribution in [2.24, 2.45) is 0 Å². The Morgan fingerprint density at radius 3 is 2.50 bits per heavy atom. The fourth-order valence-corrected chi connectivity index (χ4v) is 1.57. The second-order valence-corrected chi connectivity index (χ2v) is 4.36. The normalized spacial score (nSPS) is 11.1. The molecule has 10 heteroatoms. The minimum Gasteiger partial charge on any atom is -0.329 e. The molecule has 1 amide bonds. The zero-order chi connectivity index (χ0) is 17.7. The van der Waals surface area contributed by atoms with Gasteiger partial charge in [0, 0.05) is 11.1 Å². The van der Waals surface area contributed by atoms with E-state index in [2.05, 4.69) is 26.1 Å². The van der Waals surface area contributed by atoms with Crippen molar-refractivity contribution < 1.29 is 32.1 Å². The van der Waals surface area contributed by atoms with Crippen LogP contribution in [0.1, 0.15) is 16.2 Å². The molecule has 0 atom stereocenters. The van der Waals surface area contributed by atoms with Crippen molar-refractivity contribution in [3.63, 3.8) is 0 Å². The molecule has 1 heterocycles. The molecular weight excluding hydrogens is 331 g/mol. The van der Waals surface area contributed by atoms with E-state index in [9.17, 15) is 22.8 Å². The number of alkyl halides is 3. The lowest BCUT2D eigenvalue weighted by atomic mass is 10.1. The van der Waals surface area contributed by atoms with Gasteiger partial charge in [0.25, 0.3) is 5.78 Å². The molecule has 1 aromatic heterocycles. The smallest absolute Gasteiger partial charge is 0.329 e. The quantitative estimate of drug-likeness (QED) is 0.284. The van der Waals surface area contributed by atoms with Crippen molar-refractivity contribution in [1.29, 1.82) is 0 Å². The van der Waals surface area contributed by atoms with Crippen molar-refractivity contribution in [2.75, 3.05) is 6.61 Å². The Morgan fingerprint density at radius 2 is 1.96 bits per heavy atom. The maximum Gasteiger partial charge on any atom is 0.471 e. The van der Waals surface area contributed by atoms with Crippen molar-refractivity contribution in [1.82, 2.24) is 15.6 Å². The van der Waals surface area contributed by atoms with E-state index in [1.54, 1.807) is 0 Å². The number of rotatable bonds is 6. The van der Waals surface area contributed by atoms with Crippen LogP contribution < -0.4 is 5.48 Å². The third-order valence-electron chi connectivity index (χ3n) is 2.65. The number of carbonyl (C=O) groups excluding carboxylic acids is 2. The molecule has 0 saturated carbocycles. The topological polar surface area (TPSA) is 94.3 Å². The van der Waals surface area contributed by atoms with Gasteiger partial charge >= 0.3 is 18.0 Å². The van der Waals surface area contributed by atoms with E-state index < -0.39 is 23.8 Å². The molecule has 1 aromatic carbocycles. The van der Waals surface area contributed by atoms with E-state index in [4.69, 9.17) is 0 Å². The molecule has 0 fully saturated rings. The number of carbonyl (C=O) groups is 2. The maximum absolute atomic E-state index is 12.4. The number of hydroxylamine groups is 1. The lowest BCUT2D eigenvalue weighted by Crippen LogP contribution is -2.31. The Morgan fingerprint density at radius 1 is 1.29 bits per heavy atom. The van der Waals surface area contributed by atoms with E-state index in [0.717, 1.165) is 0 Å². The van der Waals surface area contributed by atoms with Gasteiger partial charge in [-0.25, -0.2) is 5.48 Å². The number of nitrogens with one attached hydrogen (secondary N) is 1. The summed E-state index contributed by atoms with van der Waals surface area (Å²) in [7, 11) is 0. The number of Topliss-reactive ketones (excluding diaryl/α,β-unsaturated/α-hetero) is 1. The average molecular weight is 341 g/mol. The van der Waals surface area contributed by atoms with E-state index in [-0.39, 0.29) is 23.6 Å². The van der Waals surface area contributed by atoms with Gasteiger partial charge in [-0.3, -0.25) is 14.4 Å². The first kappa shape index (κ1) is 17.3. The van der Waals surface area contributed by atoms with Gasteiger partial charge in [-0.15, -0.1) is 6.58 Å². The fourth-order valence-electron chi connectivity index (χ4n) is 1.57. The largest absolute Gasteiger partial charge is 0.471 e. The number of hydrogen-bond acceptors (Lipinski definition) is 6. The Kier molecular flexibility index (Phi) is 5.09. The summed E-state index contributed by atoms with van der Waals surface area (Å²) in [6, 6.07) is 5.06. The van der Waals surface area contributed by atoms with Gasteiger partial charge in [0.1, 0.15) is 0 Å². The maximum atomic E-state index is 12.4. The van der Waals surface area contributed by atoms with Crippen molar-refractivity contribution in [3.05, 3.63) is 48.4 Å². The van der Waals surface area contributed by atoms with Gasteiger partial charge in [-0.05, 0) is 0 Å². The molecule has 126 valence electrons. The van der Waals surface area contributed by atoms with Gasteiger partial charge in [0.15, 0.2) is 0 Å². The second kappa shape index (κ2) is 7.04. The first-order valence-electron chi connectivity index (χ1n) is 6.41. The Labute approximate surface area is 133 Å². The van der Waals surface area contributed by atoms with Crippen LogP contribution in [-0.4, -0.2) is 28.4 Å². The third kappa shape index (κ3) is 4.04. The van der Waals surface area contributed by atoms with Gasteiger partial charge in [0.05, 0.1) is 6.61 Å². The van der Waals surface area contributed by atoms with Gasteiger partial charge in [0.2, 0.25) is 5.82 Å². The second-order valence-electron chi connectivity index (χ2n) is 4.36. The molecule has 0 spiro atoms. The van der Waals surface area contributed by atoms with Crippen LogP contribution >= 0.6 is 0 Å². The molecule has 0 saturated heterocycles. The van der Waals surface area contributed by atoms with E-state index in [1.165, 1.54) is 30.3 Å². The third-order valence-corrected chi connectivity index (χ3v) is 2.65. The summed E-state index contributed by atoms with van der Waals surface area (Å²) in [5.41, 5.74) is 2.12. The van der Waals surface area contributed by atoms with Gasteiger partial charge in [-0.1, -0.05) is 35.5 Å². The Bertz CT molecular complexity index is 753. The highest BCUT2D eigenvalue weighted by Crippen LogP contribution is 2.29. The molecule has 0 radical (unpaired) electrons. The molecule has 0 aliphatic carbocycles. The van der Waals surface area contributed by atoms with Gasteiger partial charge in [-0.2, -0.15) is 18.2 Å². The van der Waals surface area contributed by atoms with Crippen LogP contribution in [0.3, 0.4) is 0 Å². The molecular formula is C14H10F3N3O4. The molecule has 0 aliphatic heterocycles. The number of aromatic nitrogens is 2. The van der Waals surface area contributed by atoms with Crippen LogP contribution in [0, 0.1) is 0 Å². The summed E-state index contributed by atoms with van der Waals surface area (Å²) in [6.07, 6.45) is -3.37. The molecule has 0 aliphatic rings. The average Bonchev–Trinajstić information content (AvgIpc) is 3.05. The minimum atomic E-state index is -4.75. The SMILES string of the molecule is C=CCONC(=O)C(=O)c1ccc(-c2noc(C(F)(F)F)n2)cc1. The molecule has 0 bridgehead atoms. The fraction of sp³-hybridized carbons (Fsp3) is 0.143. The number of amides is 1. The van der Waals surface area contributed by atoms with Crippen LogP contribution in [0.5, 0.6) is 0 Å². The van der Waals surface area contributed by atoms with Crippen molar-refractivity contribution in [2.45, 2.75) is 6.18 Å². The first-order chi connectivity index (χ1) is 11.3. The predicted molar refractivity (Wildman–Crippen MR) is 73.4 cm³/mol. The molecule has 24 heavy (non-hydrogen) atoms. The number of benzene rings is 1. The number of nitrogens with zero attached hydrogens (tertiary/aromatic N) is 2. The highest BCUT2D eigenvalue weighted by molar-refractivity contribution is 6.42. The zero-order valence-corrected chi connectivity index (χ0v) is 12.0. The van der Waals surface area contributed by atoms with Crippen LogP contribution in [0.4, 0.5) is 13.2 Å². The highest BCUT2D eigenvalue weighted by atomic mass is 19.4. The molecule has 2 aromatic rings. The summed E-state index contributed by atoms with van der Waals surface area (Å²) in [5, 5.41) is 3.21. The summed E-state index contributed by atoms with van der Waals surface area (Å²) >= 11 is 0. The summed E-state index contributed by atoms with van der Waals surface area (Å²) in [5.74, 6) is -3.64. The van der Waals surface area contributed by atoms with Crippen molar-refractivity contribution >= 4 is 11.7 Å². The summed E-state index contributed by atoms with van der Waals surface area (Å²) in [6.45, 7) is 3.39. The van der Waals surface area contributed by atoms with Crippen LogP contribution in [0.25, 0.3) is 11.4 Å². The predicted octanol–water partition coefficient (Wildman–Crippen LogP) is 2.17. The summed E-state index contributed by atoms with van der Waals surface area (Å²) in [4.78, 5) is 31.2. The standard InChI is InChI=1S/C14H10F3N3O4/c1-2-7-23-20-12(22)10(21)8-3-5-9(6-4-8)11-18-13(24-19-11)14(15,16)17/h2-6H,1,7H2,(H,20,22). The monoisotopic (exact) mass is 341 g/mol. The number of hydrogen-bond donors (Lipinski definition) is 1. The number of ketones is 1. The van der Waals surface area contributed by atoms with Crippen LogP contribution in [0.2, 0.25) is 0 Å². The lowest BCUT2D eigenvalue weighted by molar-refractivity contribution is -0.159. The van der Waals surface area contributed by atoms with Crippen LogP contribution in [0.15, 0.2) is 41.4 Å². The molecule has 7 nitrogen and oxygen atoms in total. The van der Waals surface area contributed by atoms with Gasteiger partial charge < -0.3 is 4.52 Å². The van der Waals surface area contributed by atoms with E-state index in [0.29, 0.717) is 0 Å². The Balaban J connectivity index is 2.10.